The van der Waals surface area contributed by atoms with Crippen LogP contribution < -0.4 is 16.6 Å². The molecule has 2 amide bonds. The second-order valence-corrected chi connectivity index (χ2v) is 4.62. The highest BCUT2D eigenvalue weighted by Gasteiger charge is 2.22. The van der Waals surface area contributed by atoms with Crippen LogP contribution in [0.25, 0.3) is 0 Å². The van der Waals surface area contributed by atoms with Crippen molar-refractivity contribution in [1.29, 1.82) is 0 Å². The lowest BCUT2D eigenvalue weighted by atomic mass is 9.98. The normalized spacial score (nSPS) is 12.0. The molecule has 0 aromatic heterocycles. The van der Waals surface area contributed by atoms with Crippen LogP contribution in [0.3, 0.4) is 0 Å². The maximum atomic E-state index is 11.9. The van der Waals surface area contributed by atoms with Gasteiger partial charge in [-0.05, 0) is 19.5 Å². The van der Waals surface area contributed by atoms with Crippen LogP contribution in [0.2, 0.25) is 0 Å². The Morgan fingerprint density at radius 3 is 2.50 bits per heavy atom. The van der Waals surface area contributed by atoms with E-state index in [9.17, 15) is 9.59 Å². The van der Waals surface area contributed by atoms with E-state index < -0.39 is 5.92 Å². The van der Waals surface area contributed by atoms with Crippen LogP contribution in [0.15, 0.2) is 30.3 Å². The van der Waals surface area contributed by atoms with Crippen LogP contribution in [-0.2, 0) is 9.59 Å². The molecule has 20 heavy (non-hydrogen) atoms. The van der Waals surface area contributed by atoms with E-state index in [4.69, 9.17) is 5.84 Å². The largest absolute Gasteiger partial charge is 0.355 e. The van der Waals surface area contributed by atoms with Crippen molar-refractivity contribution in [2.45, 2.75) is 12.8 Å². The van der Waals surface area contributed by atoms with E-state index in [-0.39, 0.29) is 18.4 Å². The van der Waals surface area contributed by atoms with Crippen LogP contribution in [0.4, 0.5) is 0 Å². The predicted octanol–water partition coefficient (Wildman–Crippen LogP) is -0.172. The summed E-state index contributed by atoms with van der Waals surface area (Å²) in [5.74, 6) is 4.51. The van der Waals surface area contributed by atoms with Crippen LogP contribution >= 0.6 is 0 Å². The summed E-state index contributed by atoms with van der Waals surface area (Å²) in [6.07, 6.45) is 0. The summed E-state index contributed by atoms with van der Waals surface area (Å²) in [6, 6.07) is 9.38. The van der Waals surface area contributed by atoms with Crippen molar-refractivity contribution < 1.29 is 9.59 Å². The molecule has 0 spiro atoms. The van der Waals surface area contributed by atoms with Crippen molar-refractivity contribution in [2.75, 3.05) is 26.7 Å². The monoisotopic (exact) mass is 278 g/mol. The number of rotatable bonds is 7. The van der Waals surface area contributed by atoms with Crippen LogP contribution in [0.1, 0.15) is 18.4 Å². The summed E-state index contributed by atoms with van der Waals surface area (Å²) < 4.78 is 0. The molecule has 6 heteroatoms. The Morgan fingerprint density at radius 1 is 1.30 bits per heavy atom. The molecular formula is C14H22N4O2. The van der Waals surface area contributed by atoms with Gasteiger partial charge in [-0.1, -0.05) is 30.3 Å². The third-order valence-electron chi connectivity index (χ3n) is 2.94. The number of benzene rings is 1. The Bertz CT molecular complexity index is 436. The van der Waals surface area contributed by atoms with E-state index in [0.717, 1.165) is 5.56 Å². The van der Waals surface area contributed by atoms with Crippen molar-refractivity contribution in [3.05, 3.63) is 35.9 Å². The SMILES string of the molecule is CCNC(=O)CN(C)CC(C(=O)NN)c1ccccc1. The van der Waals surface area contributed by atoms with E-state index in [1.807, 2.05) is 37.3 Å². The van der Waals surface area contributed by atoms with Gasteiger partial charge in [-0.2, -0.15) is 0 Å². The average molecular weight is 278 g/mol. The van der Waals surface area contributed by atoms with Gasteiger partial charge in [-0.3, -0.25) is 19.9 Å². The zero-order valence-electron chi connectivity index (χ0n) is 11.9. The molecule has 0 aliphatic carbocycles. The number of nitrogens with one attached hydrogen (secondary N) is 2. The summed E-state index contributed by atoms with van der Waals surface area (Å²) in [7, 11) is 1.80. The van der Waals surface area contributed by atoms with Crippen molar-refractivity contribution in [2.24, 2.45) is 5.84 Å². The number of hydrogen-bond donors (Lipinski definition) is 3. The van der Waals surface area contributed by atoms with Gasteiger partial charge in [0.1, 0.15) is 0 Å². The third-order valence-corrected chi connectivity index (χ3v) is 2.94. The first-order valence-corrected chi connectivity index (χ1v) is 6.59. The first kappa shape index (κ1) is 16.1. The summed E-state index contributed by atoms with van der Waals surface area (Å²) >= 11 is 0. The molecule has 6 nitrogen and oxygen atoms in total. The van der Waals surface area contributed by atoms with Crippen molar-refractivity contribution in [3.8, 4) is 0 Å². The Hall–Kier alpha value is -1.92. The van der Waals surface area contributed by atoms with Gasteiger partial charge in [-0.25, -0.2) is 5.84 Å². The molecule has 4 N–H and O–H groups in total. The van der Waals surface area contributed by atoms with Gasteiger partial charge in [0.05, 0.1) is 12.5 Å². The topological polar surface area (TPSA) is 87.5 Å². The molecule has 0 aliphatic heterocycles. The molecule has 0 fully saturated rings. The lowest BCUT2D eigenvalue weighted by Crippen LogP contribution is -2.42. The van der Waals surface area contributed by atoms with Crippen LogP contribution in [-0.4, -0.2) is 43.4 Å². The molecule has 110 valence electrons. The quantitative estimate of drug-likeness (QED) is 0.367. The number of likely N-dealkylation sites (N-methyl/N-ethyl adjacent to an activating group) is 2. The number of nitrogens with zero attached hydrogens (tertiary/aromatic N) is 1. The summed E-state index contributed by atoms with van der Waals surface area (Å²) in [6.45, 7) is 3.13. The minimum Gasteiger partial charge on any atom is -0.355 e. The minimum atomic E-state index is -0.402. The molecule has 1 atom stereocenters. The van der Waals surface area contributed by atoms with Gasteiger partial charge in [0.15, 0.2) is 0 Å². The van der Waals surface area contributed by atoms with E-state index in [2.05, 4.69) is 10.7 Å². The molecule has 0 saturated heterocycles. The molecule has 0 radical (unpaired) electrons. The van der Waals surface area contributed by atoms with E-state index in [1.54, 1.807) is 11.9 Å². The molecule has 0 saturated carbocycles. The highest BCUT2D eigenvalue weighted by molar-refractivity contribution is 5.83. The molecule has 0 bridgehead atoms. The first-order valence-electron chi connectivity index (χ1n) is 6.59. The number of hydrogen-bond acceptors (Lipinski definition) is 4. The molecule has 1 unspecified atom stereocenters. The zero-order chi connectivity index (χ0) is 15.0. The maximum absolute atomic E-state index is 11.9. The summed E-state index contributed by atoms with van der Waals surface area (Å²) in [4.78, 5) is 25.2. The number of carbonyl (C=O) groups is 2. The smallest absolute Gasteiger partial charge is 0.242 e. The van der Waals surface area contributed by atoms with Crippen molar-refractivity contribution in [1.82, 2.24) is 15.6 Å². The standard InChI is InChI=1S/C14H22N4O2/c1-3-16-13(19)10-18(2)9-12(14(20)17-15)11-7-5-4-6-8-11/h4-8,12H,3,9-10,15H2,1-2H3,(H,16,19)(H,17,20). The van der Waals surface area contributed by atoms with E-state index >= 15 is 0 Å². The fraction of sp³-hybridized carbons (Fsp3) is 0.429. The Labute approximate surface area is 119 Å². The number of amides is 2. The number of carbonyl (C=O) groups excluding carboxylic acids is 2. The van der Waals surface area contributed by atoms with E-state index in [0.29, 0.717) is 13.1 Å². The number of hydrazine groups is 1. The minimum absolute atomic E-state index is 0.0602. The predicted molar refractivity (Wildman–Crippen MR) is 77.7 cm³/mol. The highest BCUT2D eigenvalue weighted by Crippen LogP contribution is 2.16. The maximum Gasteiger partial charge on any atom is 0.242 e. The van der Waals surface area contributed by atoms with E-state index in [1.165, 1.54) is 0 Å². The first-order chi connectivity index (χ1) is 9.58. The van der Waals surface area contributed by atoms with Gasteiger partial charge < -0.3 is 5.32 Å². The molecule has 0 aliphatic rings. The molecule has 1 aromatic rings. The van der Waals surface area contributed by atoms with Gasteiger partial charge in [0.25, 0.3) is 0 Å². The lowest BCUT2D eigenvalue weighted by Gasteiger charge is -2.22. The number of nitrogens with two attached hydrogens (primary N) is 1. The fourth-order valence-electron chi connectivity index (χ4n) is 2.00. The Morgan fingerprint density at radius 2 is 1.95 bits per heavy atom. The summed E-state index contributed by atoms with van der Waals surface area (Å²) in [5, 5.41) is 2.73. The van der Waals surface area contributed by atoms with Crippen LogP contribution in [0, 0.1) is 0 Å². The van der Waals surface area contributed by atoms with Gasteiger partial charge in [0, 0.05) is 13.1 Å². The Balaban J connectivity index is 2.71. The molecular weight excluding hydrogens is 256 g/mol. The van der Waals surface area contributed by atoms with Gasteiger partial charge in [-0.15, -0.1) is 0 Å². The average Bonchev–Trinajstić information content (AvgIpc) is 2.45. The second-order valence-electron chi connectivity index (χ2n) is 4.62. The van der Waals surface area contributed by atoms with Crippen molar-refractivity contribution in [3.63, 3.8) is 0 Å². The fourth-order valence-corrected chi connectivity index (χ4v) is 2.00. The molecule has 1 rings (SSSR count). The molecule has 0 heterocycles. The Kier molecular flexibility index (Phi) is 6.69. The zero-order valence-corrected chi connectivity index (χ0v) is 11.9. The van der Waals surface area contributed by atoms with Crippen molar-refractivity contribution >= 4 is 11.8 Å². The second kappa shape index (κ2) is 8.29. The van der Waals surface area contributed by atoms with Gasteiger partial charge in [0.2, 0.25) is 11.8 Å². The van der Waals surface area contributed by atoms with Crippen LogP contribution in [0.5, 0.6) is 0 Å². The molecule has 1 aromatic carbocycles. The lowest BCUT2D eigenvalue weighted by molar-refractivity contribution is -0.125. The highest BCUT2D eigenvalue weighted by atomic mass is 16.2. The summed E-state index contributed by atoms with van der Waals surface area (Å²) in [5.41, 5.74) is 3.05. The third kappa shape index (κ3) is 4.99. The van der Waals surface area contributed by atoms with Gasteiger partial charge >= 0.3 is 0 Å².